The number of nitrogens with zero attached hydrogens (tertiary/aromatic N) is 1. The first-order valence-electron chi connectivity index (χ1n) is 8.08. The van der Waals surface area contributed by atoms with E-state index in [1.807, 2.05) is 0 Å². The van der Waals surface area contributed by atoms with Crippen LogP contribution in [0.2, 0.25) is 0 Å². The summed E-state index contributed by atoms with van der Waals surface area (Å²) < 4.78 is 0. The van der Waals surface area contributed by atoms with E-state index < -0.39 is 0 Å². The third-order valence-corrected chi connectivity index (χ3v) is 6.76. The number of hydrogen-bond donors (Lipinski definition) is 1. The van der Waals surface area contributed by atoms with E-state index in [2.05, 4.69) is 56.3 Å². The lowest BCUT2D eigenvalue weighted by Gasteiger charge is -2.49. The van der Waals surface area contributed by atoms with E-state index >= 15 is 0 Å². The van der Waals surface area contributed by atoms with E-state index in [0.29, 0.717) is 12.0 Å². The van der Waals surface area contributed by atoms with Gasteiger partial charge in [-0.1, -0.05) is 31.6 Å². The van der Waals surface area contributed by atoms with Crippen LogP contribution in [0.25, 0.3) is 0 Å². The Hall–Kier alpha value is -1.02. The maximum atomic E-state index is 3.89. The fourth-order valence-corrected chi connectivity index (χ4v) is 4.99. The third-order valence-electron chi connectivity index (χ3n) is 6.76. The molecule has 1 saturated carbocycles. The van der Waals surface area contributed by atoms with Gasteiger partial charge in [0.15, 0.2) is 0 Å². The number of hydrogen-bond acceptors (Lipinski definition) is 2. The van der Waals surface area contributed by atoms with Gasteiger partial charge in [0, 0.05) is 29.7 Å². The van der Waals surface area contributed by atoms with Gasteiger partial charge in [0.25, 0.3) is 0 Å². The molecule has 2 aliphatic heterocycles. The average Bonchev–Trinajstić information content (AvgIpc) is 2.75. The Labute approximate surface area is 122 Å². The molecule has 1 N–H and O–H groups in total. The van der Waals surface area contributed by atoms with Crippen LogP contribution in [0.4, 0.5) is 0 Å². The van der Waals surface area contributed by atoms with Crippen LogP contribution < -0.4 is 5.32 Å². The number of rotatable bonds is 0. The van der Waals surface area contributed by atoms with Crippen molar-refractivity contribution < 1.29 is 0 Å². The molecule has 2 heteroatoms. The van der Waals surface area contributed by atoms with Gasteiger partial charge in [0.1, 0.15) is 0 Å². The first kappa shape index (κ1) is 12.7. The lowest BCUT2D eigenvalue weighted by atomic mass is 9.66. The molecule has 4 rings (SSSR count). The van der Waals surface area contributed by atoms with Crippen LogP contribution in [-0.4, -0.2) is 30.1 Å². The summed E-state index contributed by atoms with van der Waals surface area (Å²) >= 11 is 0. The second-order valence-corrected chi connectivity index (χ2v) is 7.60. The minimum absolute atomic E-state index is 0.260. The summed E-state index contributed by atoms with van der Waals surface area (Å²) in [6.45, 7) is 8.46. The van der Waals surface area contributed by atoms with Crippen LogP contribution in [0.15, 0.2) is 35.1 Å². The second-order valence-electron chi connectivity index (χ2n) is 7.60. The molecule has 0 aromatic carbocycles. The number of allylic oxidation sites excluding steroid dienone is 4. The molecule has 20 heavy (non-hydrogen) atoms. The molecule has 4 aliphatic rings. The summed E-state index contributed by atoms with van der Waals surface area (Å²) in [6.07, 6.45) is 9.64. The van der Waals surface area contributed by atoms with Gasteiger partial charge in [-0.05, 0) is 50.3 Å². The van der Waals surface area contributed by atoms with Crippen LogP contribution in [0.3, 0.4) is 0 Å². The number of fused-ring (bicyclic) bond motifs is 2. The number of nitrogens with one attached hydrogen (secondary N) is 1. The fourth-order valence-electron chi connectivity index (χ4n) is 4.99. The van der Waals surface area contributed by atoms with Gasteiger partial charge in [-0.15, -0.1) is 0 Å². The zero-order valence-electron chi connectivity index (χ0n) is 13.1. The Morgan fingerprint density at radius 2 is 2.15 bits per heavy atom. The highest BCUT2D eigenvalue weighted by Gasteiger charge is 2.50. The second kappa shape index (κ2) is 4.00. The Kier molecular flexibility index (Phi) is 2.54. The molecule has 0 radical (unpaired) electrons. The van der Waals surface area contributed by atoms with E-state index in [1.54, 1.807) is 5.57 Å². The van der Waals surface area contributed by atoms with Crippen LogP contribution in [-0.2, 0) is 0 Å². The van der Waals surface area contributed by atoms with Crippen molar-refractivity contribution in [2.75, 3.05) is 13.6 Å². The van der Waals surface area contributed by atoms with E-state index in [9.17, 15) is 0 Å². The molecule has 0 spiro atoms. The predicted molar refractivity (Wildman–Crippen MR) is 83.3 cm³/mol. The Morgan fingerprint density at radius 3 is 2.95 bits per heavy atom. The minimum atomic E-state index is 0.260. The molecule has 5 atom stereocenters. The summed E-state index contributed by atoms with van der Waals surface area (Å²) in [6, 6.07) is 0.623. The zero-order chi connectivity index (χ0) is 14.1. The van der Waals surface area contributed by atoms with Crippen molar-refractivity contribution in [3.63, 3.8) is 0 Å². The van der Waals surface area contributed by atoms with Gasteiger partial charge in [0.05, 0.1) is 0 Å². The Morgan fingerprint density at radius 1 is 1.35 bits per heavy atom. The molecule has 1 saturated heterocycles. The van der Waals surface area contributed by atoms with Gasteiger partial charge in [0.2, 0.25) is 0 Å². The monoisotopic (exact) mass is 270 g/mol. The molecule has 2 heterocycles. The molecule has 2 aliphatic carbocycles. The largest absolute Gasteiger partial charge is 0.385 e. The molecule has 2 nitrogen and oxygen atoms in total. The van der Waals surface area contributed by atoms with E-state index in [4.69, 9.17) is 0 Å². The summed E-state index contributed by atoms with van der Waals surface area (Å²) in [4.78, 5) is 2.57. The molecular weight excluding hydrogens is 244 g/mol. The van der Waals surface area contributed by atoms with Gasteiger partial charge in [-0.2, -0.15) is 0 Å². The topological polar surface area (TPSA) is 15.3 Å². The molecule has 0 amide bonds. The van der Waals surface area contributed by atoms with Crippen molar-refractivity contribution in [2.45, 2.75) is 45.2 Å². The molecular formula is C18H26N2. The summed E-state index contributed by atoms with van der Waals surface area (Å²) in [5.41, 5.74) is 4.94. The predicted octanol–water partition coefficient (Wildman–Crippen LogP) is 3.09. The molecule has 108 valence electrons. The first-order chi connectivity index (χ1) is 9.50. The van der Waals surface area contributed by atoms with Crippen molar-refractivity contribution >= 4 is 0 Å². The normalized spacial score (nSPS) is 48.3. The van der Waals surface area contributed by atoms with Crippen molar-refractivity contribution in [1.82, 2.24) is 10.2 Å². The Bertz CT molecular complexity index is 542. The lowest BCUT2D eigenvalue weighted by molar-refractivity contribution is 0.0542. The van der Waals surface area contributed by atoms with Crippen LogP contribution in [0.1, 0.15) is 33.6 Å². The summed E-state index contributed by atoms with van der Waals surface area (Å²) in [7, 11) is 2.30. The van der Waals surface area contributed by atoms with Crippen molar-refractivity contribution in [1.29, 1.82) is 0 Å². The Balaban J connectivity index is 1.92. The maximum Gasteiger partial charge on any atom is 0.0333 e. The van der Waals surface area contributed by atoms with Crippen LogP contribution in [0.5, 0.6) is 0 Å². The van der Waals surface area contributed by atoms with Crippen LogP contribution in [0, 0.1) is 17.8 Å². The highest BCUT2D eigenvalue weighted by molar-refractivity contribution is 5.46. The zero-order valence-corrected chi connectivity index (χ0v) is 13.1. The fraction of sp³-hybridized carbons (Fsp3) is 0.667. The van der Waals surface area contributed by atoms with E-state index in [0.717, 1.165) is 18.4 Å². The average molecular weight is 270 g/mol. The van der Waals surface area contributed by atoms with Crippen molar-refractivity contribution in [3.8, 4) is 0 Å². The molecule has 2 fully saturated rings. The smallest absolute Gasteiger partial charge is 0.0333 e. The third kappa shape index (κ3) is 1.49. The standard InChI is InChI=1S/C18H26N2/c1-11-15-8-14-10-18(3)12(2)17(11)19-16(15)9-13(14)6-5-7-20(18)4/h5-6,9,11-12,15,17,19H,7-8,10H2,1-4H3/b6-5-. The lowest BCUT2D eigenvalue weighted by Crippen LogP contribution is -2.56. The summed E-state index contributed by atoms with van der Waals surface area (Å²) in [5.74, 6) is 2.16. The minimum Gasteiger partial charge on any atom is -0.385 e. The van der Waals surface area contributed by atoms with Gasteiger partial charge >= 0.3 is 0 Å². The van der Waals surface area contributed by atoms with Gasteiger partial charge in [-0.25, -0.2) is 0 Å². The van der Waals surface area contributed by atoms with Crippen molar-refractivity contribution in [2.24, 2.45) is 17.8 Å². The first-order valence-corrected chi connectivity index (χ1v) is 8.08. The van der Waals surface area contributed by atoms with Crippen LogP contribution >= 0.6 is 0 Å². The number of likely N-dealkylation sites (N-methyl/N-ethyl adjacent to an activating group) is 1. The van der Waals surface area contributed by atoms with E-state index in [1.165, 1.54) is 24.1 Å². The van der Waals surface area contributed by atoms with Gasteiger partial charge in [-0.3, -0.25) is 4.90 Å². The summed E-state index contributed by atoms with van der Waals surface area (Å²) in [5, 5.41) is 3.89. The molecule has 0 aromatic rings. The molecule has 4 bridgehead atoms. The highest BCUT2D eigenvalue weighted by Crippen LogP contribution is 2.50. The highest BCUT2D eigenvalue weighted by atomic mass is 15.2. The quantitative estimate of drug-likeness (QED) is 0.727. The molecule has 5 unspecified atom stereocenters. The van der Waals surface area contributed by atoms with E-state index in [-0.39, 0.29) is 5.54 Å². The SMILES string of the molecule is CC1C2CC3=C4C=C2NC1C(C)C(C)(C3)N(C)C/C=C\4. The maximum absolute atomic E-state index is 3.89. The van der Waals surface area contributed by atoms with Crippen molar-refractivity contribution in [3.05, 3.63) is 35.1 Å². The van der Waals surface area contributed by atoms with Gasteiger partial charge < -0.3 is 5.32 Å². The molecule has 0 aromatic heterocycles.